The van der Waals surface area contributed by atoms with Crippen molar-refractivity contribution >= 4 is 15.9 Å². The van der Waals surface area contributed by atoms with Gasteiger partial charge in [0.2, 0.25) is 0 Å². The van der Waals surface area contributed by atoms with Crippen LogP contribution in [0.4, 0.5) is 4.79 Å². The Morgan fingerprint density at radius 2 is 1.86 bits per heavy atom. The summed E-state index contributed by atoms with van der Waals surface area (Å²) in [6.45, 7) is 6.91. The van der Waals surface area contributed by atoms with Crippen LogP contribution in [0.1, 0.15) is 46.5 Å². The molecule has 6 heteroatoms. The van der Waals surface area contributed by atoms with Crippen LogP contribution in [-0.4, -0.2) is 38.0 Å². The van der Waals surface area contributed by atoms with Gasteiger partial charge < -0.3 is 10.6 Å². The molecule has 2 amide bonds. The Bertz CT molecular complexity index is 557. The molecule has 0 unspecified atom stereocenters. The van der Waals surface area contributed by atoms with Crippen LogP contribution in [0.5, 0.6) is 0 Å². The van der Waals surface area contributed by atoms with E-state index in [9.17, 15) is 13.2 Å². The number of sulfone groups is 1. The molecule has 2 N–H and O–H groups in total. The smallest absolute Gasteiger partial charge is 0.315 e. The van der Waals surface area contributed by atoms with E-state index in [4.69, 9.17) is 0 Å². The second kappa shape index (κ2) is 4.61. The molecular formula is C15H26N2O3S. The molecule has 0 aromatic heterocycles. The van der Waals surface area contributed by atoms with Gasteiger partial charge in [0.1, 0.15) is 0 Å². The first-order valence-electron chi connectivity index (χ1n) is 7.91. The largest absolute Gasteiger partial charge is 0.335 e. The summed E-state index contributed by atoms with van der Waals surface area (Å²) < 4.78 is 22.9. The van der Waals surface area contributed by atoms with E-state index in [0.717, 1.165) is 12.8 Å². The standard InChI is InChI=1S/C15H26N2O3S/c1-14(2)10-4-6-15(14,3)12(8-10)17-13(18)16-11-5-7-21(19,20)9-11/h10-12H,4-9H2,1-3H3,(H2,16,17,18)/t10-,11+,12+,15-/m0/s1. The number of hydrogen-bond donors (Lipinski definition) is 2. The van der Waals surface area contributed by atoms with Crippen molar-refractivity contribution in [3.63, 3.8) is 0 Å². The van der Waals surface area contributed by atoms with Crippen molar-refractivity contribution in [1.82, 2.24) is 10.6 Å². The molecule has 2 bridgehead atoms. The third-order valence-corrected chi connectivity index (χ3v) is 8.43. The molecule has 1 saturated heterocycles. The predicted octanol–water partition coefficient (Wildman–Crippen LogP) is 1.69. The second-order valence-corrected chi connectivity index (χ2v) is 10.1. The topological polar surface area (TPSA) is 75.3 Å². The van der Waals surface area contributed by atoms with Crippen molar-refractivity contribution in [3.05, 3.63) is 0 Å². The van der Waals surface area contributed by atoms with Gasteiger partial charge in [-0.3, -0.25) is 0 Å². The Hall–Kier alpha value is -0.780. The van der Waals surface area contributed by atoms with Gasteiger partial charge in [-0.15, -0.1) is 0 Å². The van der Waals surface area contributed by atoms with Crippen LogP contribution in [0.15, 0.2) is 0 Å². The van der Waals surface area contributed by atoms with Crippen LogP contribution in [0.3, 0.4) is 0 Å². The van der Waals surface area contributed by atoms with E-state index < -0.39 is 9.84 Å². The van der Waals surface area contributed by atoms with Crippen LogP contribution in [0.2, 0.25) is 0 Å². The highest BCUT2D eigenvalue weighted by molar-refractivity contribution is 7.91. The van der Waals surface area contributed by atoms with E-state index in [0.29, 0.717) is 12.3 Å². The van der Waals surface area contributed by atoms with Gasteiger partial charge in [-0.2, -0.15) is 0 Å². The van der Waals surface area contributed by atoms with Crippen molar-refractivity contribution < 1.29 is 13.2 Å². The van der Waals surface area contributed by atoms with Gasteiger partial charge in [-0.1, -0.05) is 20.8 Å². The van der Waals surface area contributed by atoms with E-state index in [-0.39, 0.29) is 40.5 Å². The minimum atomic E-state index is -2.95. The molecule has 1 aliphatic heterocycles. The fourth-order valence-electron chi connectivity index (χ4n) is 4.72. The predicted molar refractivity (Wildman–Crippen MR) is 81.7 cm³/mol. The molecule has 0 aromatic rings. The number of amides is 2. The zero-order valence-electron chi connectivity index (χ0n) is 13.1. The summed E-state index contributed by atoms with van der Waals surface area (Å²) >= 11 is 0. The lowest BCUT2D eigenvalue weighted by Gasteiger charge is -2.39. The third-order valence-electron chi connectivity index (χ3n) is 6.67. The van der Waals surface area contributed by atoms with Crippen LogP contribution in [-0.2, 0) is 9.84 Å². The van der Waals surface area contributed by atoms with Gasteiger partial charge in [0.05, 0.1) is 11.5 Å². The zero-order valence-corrected chi connectivity index (χ0v) is 13.9. The molecule has 3 rings (SSSR count). The molecule has 5 nitrogen and oxygen atoms in total. The summed E-state index contributed by atoms with van der Waals surface area (Å²) in [5.41, 5.74) is 0.415. The number of fused-ring (bicyclic) bond motifs is 2. The highest BCUT2D eigenvalue weighted by Crippen LogP contribution is 2.65. The second-order valence-electron chi connectivity index (χ2n) is 7.88. The lowest BCUT2D eigenvalue weighted by molar-refractivity contribution is 0.123. The number of hydrogen-bond acceptors (Lipinski definition) is 3. The molecule has 0 spiro atoms. The molecule has 0 radical (unpaired) electrons. The molecular weight excluding hydrogens is 288 g/mol. The lowest BCUT2D eigenvalue weighted by Crippen LogP contribution is -2.52. The van der Waals surface area contributed by atoms with Crippen molar-refractivity contribution in [3.8, 4) is 0 Å². The molecule has 21 heavy (non-hydrogen) atoms. The molecule has 3 fully saturated rings. The molecule has 2 aliphatic carbocycles. The van der Waals surface area contributed by atoms with Crippen molar-refractivity contribution in [2.24, 2.45) is 16.7 Å². The number of urea groups is 1. The van der Waals surface area contributed by atoms with Crippen LogP contribution in [0.25, 0.3) is 0 Å². The van der Waals surface area contributed by atoms with Crippen LogP contribution < -0.4 is 10.6 Å². The van der Waals surface area contributed by atoms with Gasteiger partial charge in [0.25, 0.3) is 0 Å². The molecule has 0 aromatic carbocycles. The minimum Gasteiger partial charge on any atom is -0.335 e. The Morgan fingerprint density at radius 1 is 1.14 bits per heavy atom. The average Bonchev–Trinajstić information content (AvgIpc) is 2.86. The molecule has 2 saturated carbocycles. The Morgan fingerprint density at radius 3 is 2.33 bits per heavy atom. The Kier molecular flexibility index (Phi) is 3.32. The lowest BCUT2D eigenvalue weighted by atomic mass is 9.69. The van der Waals surface area contributed by atoms with Crippen molar-refractivity contribution in [2.45, 2.75) is 58.5 Å². The highest BCUT2D eigenvalue weighted by Gasteiger charge is 2.61. The zero-order chi connectivity index (χ0) is 15.5. The summed E-state index contributed by atoms with van der Waals surface area (Å²) in [4.78, 5) is 12.2. The van der Waals surface area contributed by atoms with E-state index in [1.165, 1.54) is 6.42 Å². The maximum Gasteiger partial charge on any atom is 0.315 e. The van der Waals surface area contributed by atoms with Gasteiger partial charge >= 0.3 is 6.03 Å². The minimum absolute atomic E-state index is 0.0798. The van der Waals surface area contributed by atoms with Crippen molar-refractivity contribution in [2.75, 3.05) is 11.5 Å². The normalized spacial score (nSPS) is 42.9. The van der Waals surface area contributed by atoms with E-state index in [2.05, 4.69) is 31.4 Å². The van der Waals surface area contributed by atoms with Crippen molar-refractivity contribution in [1.29, 1.82) is 0 Å². The first-order valence-corrected chi connectivity index (χ1v) is 9.74. The number of rotatable bonds is 2. The number of nitrogens with one attached hydrogen (secondary N) is 2. The first-order chi connectivity index (χ1) is 9.64. The summed E-state index contributed by atoms with van der Waals surface area (Å²) in [5.74, 6) is 0.949. The summed E-state index contributed by atoms with van der Waals surface area (Å²) in [6.07, 6.45) is 3.99. The maximum absolute atomic E-state index is 12.2. The molecule has 3 aliphatic rings. The Labute approximate surface area is 127 Å². The SMILES string of the molecule is CC1(C)[C@H]2CC[C@@]1(C)[C@H](NC(=O)N[C@@H]1CCS(=O)(=O)C1)C2. The average molecular weight is 314 g/mol. The third kappa shape index (κ3) is 2.35. The highest BCUT2D eigenvalue weighted by atomic mass is 32.2. The van der Waals surface area contributed by atoms with E-state index in [1.807, 2.05) is 0 Å². The monoisotopic (exact) mass is 314 g/mol. The maximum atomic E-state index is 12.2. The van der Waals surface area contributed by atoms with Gasteiger partial charge in [-0.05, 0) is 42.4 Å². The molecule has 4 atom stereocenters. The summed E-state index contributed by atoms with van der Waals surface area (Å²) in [6, 6.07) is -0.231. The number of carbonyl (C=O) groups is 1. The van der Waals surface area contributed by atoms with Crippen LogP contribution >= 0.6 is 0 Å². The quantitative estimate of drug-likeness (QED) is 0.814. The van der Waals surface area contributed by atoms with E-state index >= 15 is 0 Å². The molecule has 1 heterocycles. The van der Waals surface area contributed by atoms with Gasteiger partial charge in [0, 0.05) is 12.1 Å². The van der Waals surface area contributed by atoms with Gasteiger partial charge in [-0.25, -0.2) is 13.2 Å². The number of carbonyl (C=O) groups excluding carboxylic acids is 1. The summed E-state index contributed by atoms with van der Waals surface area (Å²) in [5, 5.41) is 5.95. The van der Waals surface area contributed by atoms with E-state index in [1.54, 1.807) is 0 Å². The summed E-state index contributed by atoms with van der Waals surface area (Å²) in [7, 11) is -2.95. The molecule has 120 valence electrons. The van der Waals surface area contributed by atoms with Gasteiger partial charge in [0.15, 0.2) is 9.84 Å². The fraction of sp³-hybridized carbons (Fsp3) is 0.933. The Balaban J connectivity index is 1.60. The first kappa shape index (κ1) is 15.1. The fourth-order valence-corrected chi connectivity index (χ4v) is 6.39. The van der Waals surface area contributed by atoms with Crippen LogP contribution in [0, 0.1) is 16.7 Å².